The molecule has 0 fully saturated rings. The Labute approximate surface area is 84.1 Å². The minimum absolute atomic E-state index is 0.111. The van der Waals surface area contributed by atoms with Gasteiger partial charge in [-0.1, -0.05) is 13.0 Å². The highest BCUT2D eigenvalue weighted by Crippen LogP contribution is 2.20. The number of H-pyrrole nitrogens is 1. The fourth-order valence-corrected chi connectivity index (χ4v) is 1.68. The molecule has 74 valence electrons. The lowest BCUT2D eigenvalue weighted by molar-refractivity contribution is 0.820. The Kier molecular flexibility index (Phi) is 2.30. The highest BCUT2D eigenvalue weighted by atomic mass is 14.7. The summed E-state index contributed by atoms with van der Waals surface area (Å²) in [7, 11) is 0. The van der Waals surface area contributed by atoms with E-state index in [0.29, 0.717) is 0 Å². The Bertz CT molecular complexity index is 441. The molecule has 1 atom stereocenters. The summed E-state index contributed by atoms with van der Waals surface area (Å²) in [5, 5.41) is 1.26. The molecule has 2 nitrogen and oxygen atoms in total. The molecule has 0 bridgehead atoms. The molecule has 2 aromatic rings. The van der Waals surface area contributed by atoms with Crippen LogP contribution in [-0.2, 0) is 6.42 Å². The van der Waals surface area contributed by atoms with E-state index in [0.717, 1.165) is 6.42 Å². The van der Waals surface area contributed by atoms with Crippen LogP contribution in [0.15, 0.2) is 24.3 Å². The molecule has 0 saturated carbocycles. The summed E-state index contributed by atoms with van der Waals surface area (Å²) >= 11 is 0. The van der Waals surface area contributed by atoms with Gasteiger partial charge in [-0.05, 0) is 42.5 Å². The van der Waals surface area contributed by atoms with Crippen molar-refractivity contribution < 1.29 is 0 Å². The van der Waals surface area contributed by atoms with Gasteiger partial charge in [0.15, 0.2) is 0 Å². The number of aryl methyl sites for hydroxylation is 1. The van der Waals surface area contributed by atoms with Gasteiger partial charge in [-0.3, -0.25) is 0 Å². The predicted octanol–water partition coefficient (Wildman–Crippen LogP) is 2.75. The van der Waals surface area contributed by atoms with Gasteiger partial charge in [0.2, 0.25) is 0 Å². The molecular formula is C12H16N2. The largest absolute Gasteiger partial charge is 0.358 e. The summed E-state index contributed by atoms with van der Waals surface area (Å²) in [5.41, 5.74) is 9.51. The smallest absolute Gasteiger partial charge is 0.0456 e. The van der Waals surface area contributed by atoms with Gasteiger partial charge in [0, 0.05) is 17.3 Å². The third-order valence-corrected chi connectivity index (χ3v) is 2.61. The second kappa shape index (κ2) is 3.46. The number of nitrogens with one attached hydrogen (secondary N) is 1. The van der Waals surface area contributed by atoms with Gasteiger partial charge in [-0.2, -0.15) is 0 Å². The van der Waals surface area contributed by atoms with Crippen LogP contribution in [0.25, 0.3) is 10.9 Å². The first-order valence-corrected chi connectivity index (χ1v) is 5.08. The van der Waals surface area contributed by atoms with E-state index in [9.17, 15) is 0 Å². The van der Waals surface area contributed by atoms with Gasteiger partial charge in [0.1, 0.15) is 0 Å². The summed E-state index contributed by atoms with van der Waals surface area (Å²) in [6.45, 7) is 4.16. The van der Waals surface area contributed by atoms with Gasteiger partial charge in [-0.15, -0.1) is 0 Å². The number of hydrogen-bond acceptors (Lipinski definition) is 1. The Morgan fingerprint density at radius 3 is 2.79 bits per heavy atom. The number of hydrogen-bond donors (Lipinski definition) is 2. The van der Waals surface area contributed by atoms with E-state index in [-0.39, 0.29) is 6.04 Å². The third-order valence-electron chi connectivity index (χ3n) is 2.61. The molecule has 1 aromatic carbocycles. The standard InChI is InChI=1S/C12H16N2/c1-3-11-7-10-6-9(8(2)13)4-5-12(10)14-11/h4-8,14H,3,13H2,1-2H3. The zero-order valence-electron chi connectivity index (χ0n) is 8.67. The maximum Gasteiger partial charge on any atom is 0.0456 e. The van der Waals surface area contributed by atoms with Crippen LogP contribution >= 0.6 is 0 Å². The summed E-state index contributed by atoms with van der Waals surface area (Å²) in [4.78, 5) is 3.37. The molecule has 0 saturated heterocycles. The molecular weight excluding hydrogens is 172 g/mol. The van der Waals surface area contributed by atoms with Crippen molar-refractivity contribution in [2.45, 2.75) is 26.3 Å². The fraction of sp³-hybridized carbons (Fsp3) is 0.333. The summed E-state index contributed by atoms with van der Waals surface area (Å²) < 4.78 is 0. The average molecular weight is 188 g/mol. The molecule has 1 unspecified atom stereocenters. The van der Waals surface area contributed by atoms with E-state index in [4.69, 9.17) is 5.73 Å². The molecule has 1 heterocycles. The van der Waals surface area contributed by atoms with Gasteiger partial charge < -0.3 is 10.7 Å². The summed E-state index contributed by atoms with van der Waals surface area (Å²) in [5.74, 6) is 0. The lowest BCUT2D eigenvalue weighted by Crippen LogP contribution is -2.04. The van der Waals surface area contributed by atoms with Crippen molar-refractivity contribution in [2.75, 3.05) is 0 Å². The minimum Gasteiger partial charge on any atom is -0.358 e. The highest BCUT2D eigenvalue weighted by Gasteiger charge is 2.03. The SMILES string of the molecule is CCc1cc2cc(C(C)N)ccc2[nH]1. The van der Waals surface area contributed by atoms with E-state index < -0.39 is 0 Å². The van der Waals surface area contributed by atoms with Crippen LogP contribution in [0.5, 0.6) is 0 Å². The lowest BCUT2D eigenvalue weighted by atomic mass is 10.1. The first-order chi connectivity index (χ1) is 6.70. The normalized spacial score (nSPS) is 13.4. The summed E-state index contributed by atoms with van der Waals surface area (Å²) in [6, 6.07) is 8.66. The van der Waals surface area contributed by atoms with E-state index in [1.807, 2.05) is 6.92 Å². The zero-order chi connectivity index (χ0) is 10.1. The predicted molar refractivity (Wildman–Crippen MR) is 60.3 cm³/mol. The van der Waals surface area contributed by atoms with Crippen molar-refractivity contribution in [2.24, 2.45) is 5.73 Å². The second-order valence-corrected chi connectivity index (χ2v) is 3.78. The van der Waals surface area contributed by atoms with Crippen LogP contribution in [0.4, 0.5) is 0 Å². The van der Waals surface area contributed by atoms with Crippen LogP contribution in [0.2, 0.25) is 0 Å². The molecule has 2 rings (SSSR count). The van der Waals surface area contributed by atoms with E-state index in [2.05, 4.69) is 36.2 Å². The van der Waals surface area contributed by atoms with E-state index in [1.165, 1.54) is 22.2 Å². The Hall–Kier alpha value is -1.28. The first-order valence-electron chi connectivity index (χ1n) is 5.08. The molecule has 0 aliphatic rings. The number of nitrogens with two attached hydrogens (primary N) is 1. The average Bonchev–Trinajstić information content (AvgIpc) is 2.58. The van der Waals surface area contributed by atoms with Gasteiger partial charge in [0.25, 0.3) is 0 Å². The molecule has 14 heavy (non-hydrogen) atoms. The number of fused-ring (bicyclic) bond motifs is 1. The van der Waals surface area contributed by atoms with Crippen molar-refractivity contribution in [1.82, 2.24) is 4.98 Å². The highest BCUT2D eigenvalue weighted by molar-refractivity contribution is 5.81. The lowest BCUT2D eigenvalue weighted by Gasteiger charge is -2.04. The minimum atomic E-state index is 0.111. The molecule has 0 aliphatic heterocycles. The molecule has 2 heteroatoms. The molecule has 3 N–H and O–H groups in total. The third kappa shape index (κ3) is 1.53. The Balaban J connectivity index is 2.54. The van der Waals surface area contributed by atoms with E-state index >= 15 is 0 Å². The maximum atomic E-state index is 5.83. The topological polar surface area (TPSA) is 41.8 Å². The molecule has 0 amide bonds. The van der Waals surface area contributed by atoms with Gasteiger partial charge >= 0.3 is 0 Å². The monoisotopic (exact) mass is 188 g/mol. The van der Waals surface area contributed by atoms with Crippen molar-refractivity contribution >= 4 is 10.9 Å². The Morgan fingerprint density at radius 2 is 2.14 bits per heavy atom. The van der Waals surface area contributed by atoms with Crippen molar-refractivity contribution in [3.63, 3.8) is 0 Å². The van der Waals surface area contributed by atoms with Crippen LogP contribution in [0, 0.1) is 0 Å². The fourth-order valence-electron chi connectivity index (χ4n) is 1.68. The number of aromatic amines is 1. The molecule has 0 aliphatic carbocycles. The molecule has 0 radical (unpaired) electrons. The number of benzene rings is 1. The van der Waals surface area contributed by atoms with Crippen LogP contribution in [-0.4, -0.2) is 4.98 Å². The quantitative estimate of drug-likeness (QED) is 0.747. The van der Waals surface area contributed by atoms with Crippen LogP contribution in [0.3, 0.4) is 0 Å². The van der Waals surface area contributed by atoms with Crippen molar-refractivity contribution in [3.05, 3.63) is 35.5 Å². The zero-order valence-corrected chi connectivity index (χ0v) is 8.67. The number of aromatic nitrogens is 1. The summed E-state index contributed by atoms with van der Waals surface area (Å²) in [6.07, 6.45) is 1.04. The first kappa shape index (κ1) is 9.28. The molecule has 0 spiro atoms. The molecule has 1 aromatic heterocycles. The van der Waals surface area contributed by atoms with Gasteiger partial charge in [0.05, 0.1) is 0 Å². The van der Waals surface area contributed by atoms with Gasteiger partial charge in [-0.25, -0.2) is 0 Å². The van der Waals surface area contributed by atoms with Crippen LogP contribution < -0.4 is 5.73 Å². The number of rotatable bonds is 2. The van der Waals surface area contributed by atoms with Crippen LogP contribution in [0.1, 0.15) is 31.1 Å². The second-order valence-electron chi connectivity index (χ2n) is 3.78. The van der Waals surface area contributed by atoms with Crippen molar-refractivity contribution in [1.29, 1.82) is 0 Å². The maximum absolute atomic E-state index is 5.83. The van der Waals surface area contributed by atoms with E-state index in [1.54, 1.807) is 0 Å². The Morgan fingerprint density at radius 1 is 1.36 bits per heavy atom. The van der Waals surface area contributed by atoms with Crippen molar-refractivity contribution in [3.8, 4) is 0 Å².